The summed E-state index contributed by atoms with van der Waals surface area (Å²) in [5.74, 6) is 0.907. The van der Waals surface area contributed by atoms with Crippen LogP contribution in [0.1, 0.15) is 11.3 Å². The third kappa shape index (κ3) is 1.60. The first-order valence-electron chi connectivity index (χ1n) is 5.39. The Morgan fingerprint density at radius 3 is 2.88 bits per heavy atom. The fourth-order valence-corrected chi connectivity index (χ4v) is 2.03. The third-order valence-electron chi connectivity index (χ3n) is 2.84. The highest BCUT2D eigenvalue weighted by Crippen LogP contribution is 2.20. The van der Waals surface area contributed by atoms with Crippen LogP contribution in [0.3, 0.4) is 0 Å². The molecule has 0 aliphatic carbocycles. The van der Waals surface area contributed by atoms with Crippen molar-refractivity contribution in [3.8, 4) is 6.07 Å². The van der Waals surface area contributed by atoms with Gasteiger partial charge in [0, 0.05) is 17.1 Å². The Balaban J connectivity index is 2.10. The fraction of sp³-hybridized carbons (Fsp3) is 0.0714. The molecule has 82 valence electrons. The summed E-state index contributed by atoms with van der Waals surface area (Å²) in [6, 6.07) is 13.7. The highest BCUT2D eigenvalue weighted by molar-refractivity contribution is 5.86. The van der Waals surface area contributed by atoms with Crippen molar-refractivity contribution in [2.75, 3.05) is 0 Å². The molecule has 2 aromatic heterocycles. The van der Waals surface area contributed by atoms with Crippen LogP contribution in [0.25, 0.3) is 10.9 Å². The molecule has 2 heterocycles. The minimum atomic E-state index is 0.686. The van der Waals surface area contributed by atoms with Crippen molar-refractivity contribution in [2.45, 2.75) is 6.54 Å². The largest absolute Gasteiger partial charge is 0.467 e. The molecule has 3 nitrogen and oxygen atoms in total. The maximum absolute atomic E-state index is 9.02. The lowest BCUT2D eigenvalue weighted by Crippen LogP contribution is -1.96. The average molecular weight is 222 g/mol. The van der Waals surface area contributed by atoms with Gasteiger partial charge in [-0.1, -0.05) is 6.07 Å². The van der Waals surface area contributed by atoms with E-state index >= 15 is 0 Å². The second-order valence-corrected chi connectivity index (χ2v) is 3.87. The Hall–Kier alpha value is -2.47. The molecule has 17 heavy (non-hydrogen) atoms. The summed E-state index contributed by atoms with van der Waals surface area (Å²) < 4.78 is 7.40. The van der Waals surface area contributed by atoms with Crippen molar-refractivity contribution in [1.82, 2.24) is 4.57 Å². The Morgan fingerprint density at radius 2 is 2.12 bits per heavy atom. The van der Waals surface area contributed by atoms with E-state index in [1.54, 1.807) is 6.26 Å². The molecular formula is C14H10N2O. The van der Waals surface area contributed by atoms with Crippen molar-refractivity contribution in [3.05, 3.63) is 60.2 Å². The summed E-state index contributed by atoms with van der Waals surface area (Å²) in [5.41, 5.74) is 1.76. The first kappa shape index (κ1) is 9.73. The number of rotatable bonds is 2. The Labute approximate surface area is 98.5 Å². The van der Waals surface area contributed by atoms with Gasteiger partial charge in [0.25, 0.3) is 0 Å². The summed E-state index contributed by atoms with van der Waals surface area (Å²) in [6.07, 6.45) is 3.65. The molecule has 0 aliphatic rings. The number of aromatic nitrogens is 1. The lowest BCUT2D eigenvalue weighted by Gasteiger charge is -2.02. The van der Waals surface area contributed by atoms with E-state index in [9.17, 15) is 0 Å². The van der Waals surface area contributed by atoms with Gasteiger partial charge < -0.3 is 8.98 Å². The van der Waals surface area contributed by atoms with E-state index in [0.717, 1.165) is 16.7 Å². The highest BCUT2D eigenvalue weighted by Gasteiger charge is 2.06. The summed E-state index contributed by atoms with van der Waals surface area (Å²) in [4.78, 5) is 0. The van der Waals surface area contributed by atoms with Crippen LogP contribution >= 0.6 is 0 Å². The van der Waals surface area contributed by atoms with Crippen LogP contribution in [0.4, 0.5) is 0 Å². The topological polar surface area (TPSA) is 41.9 Å². The minimum absolute atomic E-state index is 0.686. The van der Waals surface area contributed by atoms with Crippen molar-refractivity contribution >= 4 is 10.9 Å². The number of fused-ring (bicyclic) bond motifs is 1. The summed E-state index contributed by atoms with van der Waals surface area (Å²) in [6.45, 7) is 0.686. The van der Waals surface area contributed by atoms with E-state index in [0.29, 0.717) is 12.1 Å². The summed E-state index contributed by atoms with van der Waals surface area (Å²) >= 11 is 0. The predicted octanol–water partition coefficient (Wildman–Crippen LogP) is 3.15. The molecule has 0 spiro atoms. The number of benzene rings is 1. The standard InChI is InChI=1S/C14H10N2O/c15-9-11-3-1-5-14-13(11)6-7-16(14)10-12-4-2-8-17-12/h1-8H,10H2. The monoisotopic (exact) mass is 222 g/mol. The molecule has 3 rings (SSSR count). The Kier molecular flexibility index (Phi) is 2.20. The Morgan fingerprint density at radius 1 is 1.18 bits per heavy atom. The second kappa shape index (κ2) is 3.84. The van der Waals surface area contributed by atoms with Crippen molar-refractivity contribution in [3.63, 3.8) is 0 Å². The maximum Gasteiger partial charge on any atom is 0.123 e. The van der Waals surface area contributed by atoms with Crippen LogP contribution in [0.2, 0.25) is 0 Å². The van der Waals surface area contributed by atoms with Crippen molar-refractivity contribution in [1.29, 1.82) is 5.26 Å². The van der Waals surface area contributed by atoms with Crippen molar-refractivity contribution in [2.24, 2.45) is 0 Å². The zero-order valence-electron chi connectivity index (χ0n) is 9.13. The van der Waals surface area contributed by atoms with Crippen LogP contribution in [0.15, 0.2) is 53.3 Å². The first-order chi connectivity index (χ1) is 8.38. The highest BCUT2D eigenvalue weighted by atomic mass is 16.3. The Bertz CT molecular complexity index is 687. The molecule has 0 unspecified atom stereocenters. The van der Waals surface area contributed by atoms with Gasteiger partial charge in [0.2, 0.25) is 0 Å². The van der Waals surface area contributed by atoms with E-state index in [1.165, 1.54) is 0 Å². The van der Waals surface area contributed by atoms with Crippen LogP contribution in [-0.2, 0) is 6.54 Å². The van der Waals surface area contributed by atoms with Gasteiger partial charge in [-0.2, -0.15) is 5.26 Å². The SMILES string of the molecule is N#Cc1cccc2c1ccn2Cc1ccco1. The van der Waals surface area contributed by atoms with E-state index in [-0.39, 0.29) is 0 Å². The number of furan rings is 1. The van der Waals surface area contributed by atoms with Crippen LogP contribution in [0, 0.1) is 11.3 Å². The zero-order chi connectivity index (χ0) is 11.7. The number of hydrogen-bond acceptors (Lipinski definition) is 2. The van der Waals surface area contributed by atoms with Gasteiger partial charge in [-0.3, -0.25) is 0 Å². The fourth-order valence-electron chi connectivity index (χ4n) is 2.03. The molecule has 0 saturated carbocycles. The van der Waals surface area contributed by atoms with Gasteiger partial charge in [-0.05, 0) is 30.3 Å². The van der Waals surface area contributed by atoms with Crippen LogP contribution < -0.4 is 0 Å². The first-order valence-corrected chi connectivity index (χ1v) is 5.39. The molecule has 0 radical (unpaired) electrons. The van der Waals surface area contributed by atoms with E-state index in [4.69, 9.17) is 9.68 Å². The van der Waals surface area contributed by atoms with Crippen LogP contribution in [0.5, 0.6) is 0 Å². The lowest BCUT2D eigenvalue weighted by atomic mass is 10.1. The number of nitriles is 1. The second-order valence-electron chi connectivity index (χ2n) is 3.87. The predicted molar refractivity (Wildman–Crippen MR) is 64.5 cm³/mol. The molecule has 3 heteroatoms. The van der Waals surface area contributed by atoms with E-state index < -0.39 is 0 Å². The molecule has 0 N–H and O–H groups in total. The van der Waals surface area contributed by atoms with Crippen molar-refractivity contribution < 1.29 is 4.42 Å². The molecule has 0 fully saturated rings. The maximum atomic E-state index is 9.02. The number of nitrogens with zero attached hydrogens (tertiary/aromatic N) is 2. The molecule has 0 amide bonds. The van der Waals surface area contributed by atoms with E-state index in [2.05, 4.69) is 10.6 Å². The molecular weight excluding hydrogens is 212 g/mol. The molecule has 3 aromatic rings. The lowest BCUT2D eigenvalue weighted by molar-refractivity contribution is 0.497. The zero-order valence-corrected chi connectivity index (χ0v) is 9.13. The minimum Gasteiger partial charge on any atom is -0.467 e. The molecule has 0 saturated heterocycles. The average Bonchev–Trinajstić information content (AvgIpc) is 2.99. The van der Waals surface area contributed by atoms with Gasteiger partial charge in [-0.25, -0.2) is 0 Å². The summed E-state index contributed by atoms with van der Waals surface area (Å²) in [5, 5.41) is 10.0. The number of hydrogen-bond donors (Lipinski definition) is 0. The molecule has 0 atom stereocenters. The molecule has 1 aromatic carbocycles. The van der Waals surface area contributed by atoms with Gasteiger partial charge in [0.1, 0.15) is 5.76 Å². The molecule has 0 aliphatic heterocycles. The quantitative estimate of drug-likeness (QED) is 0.668. The molecule has 0 bridgehead atoms. The van der Waals surface area contributed by atoms with Crippen LogP contribution in [-0.4, -0.2) is 4.57 Å². The van der Waals surface area contributed by atoms with Gasteiger partial charge in [0.05, 0.1) is 24.4 Å². The van der Waals surface area contributed by atoms with Gasteiger partial charge in [0.15, 0.2) is 0 Å². The smallest absolute Gasteiger partial charge is 0.123 e. The van der Waals surface area contributed by atoms with E-state index in [1.807, 2.05) is 42.6 Å². The summed E-state index contributed by atoms with van der Waals surface area (Å²) in [7, 11) is 0. The van der Waals surface area contributed by atoms with Gasteiger partial charge in [-0.15, -0.1) is 0 Å². The normalized spacial score (nSPS) is 10.5. The third-order valence-corrected chi connectivity index (χ3v) is 2.84. The van der Waals surface area contributed by atoms with Gasteiger partial charge >= 0.3 is 0 Å².